The molecule has 0 saturated carbocycles. The summed E-state index contributed by atoms with van der Waals surface area (Å²) >= 11 is 1.43. The van der Waals surface area contributed by atoms with Crippen molar-refractivity contribution in [2.45, 2.75) is 20.4 Å². The summed E-state index contributed by atoms with van der Waals surface area (Å²) in [5.74, 6) is -0.727. The molecular formula is C21H20N2O4S. The van der Waals surface area contributed by atoms with Crippen molar-refractivity contribution in [3.63, 3.8) is 0 Å². The predicted molar refractivity (Wildman–Crippen MR) is 107 cm³/mol. The monoisotopic (exact) mass is 396 g/mol. The molecule has 2 aromatic carbocycles. The zero-order chi connectivity index (χ0) is 20.3. The molecule has 0 unspecified atom stereocenters. The number of aromatic nitrogens is 1. The number of thiazole rings is 1. The number of carbonyl (C=O) groups is 2. The van der Waals surface area contributed by atoms with Crippen molar-refractivity contribution in [1.29, 1.82) is 0 Å². The van der Waals surface area contributed by atoms with Crippen LogP contribution in [0.2, 0.25) is 0 Å². The first kappa shape index (κ1) is 19.6. The molecule has 0 aliphatic heterocycles. The quantitative estimate of drug-likeness (QED) is 0.714. The number of benzene rings is 2. The van der Waals surface area contributed by atoms with Crippen molar-refractivity contribution in [1.82, 2.24) is 4.57 Å². The highest BCUT2D eigenvalue weighted by molar-refractivity contribution is 7.09. The summed E-state index contributed by atoms with van der Waals surface area (Å²) in [5.41, 5.74) is 2.50. The lowest BCUT2D eigenvalue weighted by atomic mass is 10.1. The minimum absolute atomic E-state index is 0.230. The Hall–Kier alpha value is -3.19. The lowest BCUT2D eigenvalue weighted by molar-refractivity contribution is 0.0696. The SMILES string of the molecule is COc1cccc(C(=O)N=c2sc(C)c(C)n2Cc2cccc(C(=O)O)c2)c1. The lowest BCUT2D eigenvalue weighted by Crippen LogP contribution is -2.19. The van der Waals surface area contributed by atoms with E-state index in [-0.39, 0.29) is 11.5 Å². The maximum atomic E-state index is 12.6. The Balaban J connectivity index is 2.00. The van der Waals surface area contributed by atoms with Crippen LogP contribution in [0, 0.1) is 13.8 Å². The van der Waals surface area contributed by atoms with Gasteiger partial charge in [0.05, 0.1) is 19.2 Å². The van der Waals surface area contributed by atoms with Crippen LogP contribution in [-0.2, 0) is 6.54 Å². The lowest BCUT2D eigenvalue weighted by Gasteiger charge is -2.08. The normalized spacial score (nSPS) is 11.5. The summed E-state index contributed by atoms with van der Waals surface area (Å²) in [4.78, 5) is 29.8. The van der Waals surface area contributed by atoms with Crippen LogP contribution >= 0.6 is 11.3 Å². The summed E-state index contributed by atoms with van der Waals surface area (Å²) < 4.78 is 7.10. The number of hydrogen-bond donors (Lipinski definition) is 1. The second-order valence-electron chi connectivity index (χ2n) is 6.27. The van der Waals surface area contributed by atoms with Gasteiger partial charge in [0.1, 0.15) is 5.75 Å². The molecule has 3 aromatic rings. The average molecular weight is 396 g/mol. The third-order valence-electron chi connectivity index (χ3n) is 4.42. The van der Waals surface area contributed by atoms with Crippen LogP contribution in [0.1, 0.15) is 36.9 Å². The molecule has 1 amide bonds. The highest BCUT2D eigenvalue weighted by atomic mass is 32.1. The van der Waals surface area contributed by atoms with E-state index < -0.39 is 5.97 Å². The molecule has 0 radical (unpaired) electrons. The molecule has 0 aliphatic carbocycles. The van der Waals surface area contributed by atoms with E-state index >= 15 is 0 Å². The van der Waals surface area contributed by atoms with E-state index in [4.69, 9.17) is 4.74 Å². The van der Waals surface area contributed by atoms with Gasteiger partial charge in [0.2, 0.25) is 0 Å². The molecule has 0 aliphatic rings. The molecule has 0 atom stereocenters. The Kier molecular flexibility index (Phi) is 5.75. The largest absolute Gasteiger partial charge is 0.497 e. The Morgan fingerprint density at radius 3 is 2.54 bits per heavy atom. The molecule has 0 spiro atoms. The van der Waals surface area contributed by atoms with Crippen LogP contribution < -0.4 is 9.54 Å². The van der Waals surface area contributed by atoms with Crippen LogP contribution in [-0.4, -0.2) is 28.7 Å². The number of rotatable bonds is 5. The van der Waals surface area contributed by atoms with Gasteiger partial charge in [-0.15, -0.1) is 11.3 Å². The van der Waals surface area contributed by atoms with E-state index in [0.29, 0.717) is 22.7 Å². The number of amides is 1. The summed E-state index contributed by atoms with van der Waals surface area (Å²) in [6.45, 7) is 4.36. The number of ether oxygens (including phenoxy) is 1. The van der Waals surface area contributed by atoms with Crippen LogP contribution in [0.5, 0.6) is 5.75 Å². The second-order valence-corrected chi connectivity index (χ2v) is 7.45. The molecule has 1 heterocycles. The van der Waals surface area contributed by atoms with Gasteiger partial charge < -0.3 is 14.4 Å². The third kappa shape index (κ3) is 4.20. The van der Waals surface area contributed by atoms with Crippen LogP contribution in [0.3, 0.4) is 0 Å². The van der Waals surface area contributed by atoms with E-state index in [1.165, 1.54) is 11.3 Å². The Labute approximate surface area is 166 Å². The minimum Gasteiger partial charge on any atom is -0.497 e. The van der Waals surface area contributed by atoms with Crippen molar-refractivity contribution in [2.75, 3.05) is 7.11 Å². The maximum Gasteiger partial charge on any atom is 0.335 e. The van der Waals surface area contributed by atoms with E-state index in [2.05, 4.69) is 4.99 Å². The summed E-state index contributed by atoms with van der Waals surface area (Å²) in [7, 11) is 1.55. The van der Waals surface area contributed by atoms with Crippen molar-refractivity contribution < 1.29 is 19.4 Å². The highest BCUT2D eigenvalue weighted by Gasteiger charge is 2.12. The van der Waals surface area contributed by atoms with Crippen molar-refractivity contribution >= 4 is 23.2 Å². The van der Waals surface area contributed by atoms with Gasteiger partial charge >= 0.3 is 5.97 Å². The zero-order valence-corrected chi connectivity index (χ0v) is 16.6. The van der Waals surface area contributed by atoms with Gasteiger partial charge in [0.25, 0.3) is 5.91 Å². The van der Waals surface area contributed by atoms with Gasteiger partial charge in [0.15, 0.2) is 4.80 Å². The smallest absolute Gasteiger partial charge is 0.335 e. The fourth-order valence-corrected chi connectivity index (χ4v) is 3.73. The van der Waals surface area contributed by atoms with E-state index in [0.717, 1.165) is 16.1 Å². The minimum atomic E-state index is -0.969. The van der Waals surface area contributed by atoms with E-state index in [1.54, 1.807) is 49.6 Å². The molecule has 7 heteroatoms. The molecule has 6 nitrogen and oxygen atoms in total. The second kappa shape index (κ2) is 8.22. The summed E-state index contributed by atoms with van der Waals surface area (Å²) in [6.07, 6.45) is 0. The summed E-state index contributed by atoms with van der Waals surface area (Å²) in [6, 6.07) is 13.6. The van der Waals surface area contributed by atoms with Gasteiger partial charge in [0, 0.05) is 16.1 Å². The molecule has 144 valence electrons. The number of methoxy groups -OCH3 is 1. The van der Waals surface area contributed by atoms with Gasteiger partial charge in [-0.1, -0.05) is 18.2 Å². The van der Waals surface area contributed by atoms with Crippen molar-refractivity contribution in [3.05, 3.63) is 80.6 Å². The Morgan fingerprint density at radius 2 is 1.82 bits per heavy atom. The zero-order valence-electron chi connectivity index (χ0n) is 15.8. The number of carbonyl (C=O) groups excluding carboxylic acids is 1. The molecule has 3 rings (SSSR count). The standard InChI is InChI=1S/C21H20N2O4S/c1-13-14(2)28-21(22-19(24)16-7-5-9-18(11-16)27-3)23(13)12-15-6-4-8-17(10-15)20(25)26/h4-11H,12H2,1-3H3,(H,25,26). The van der Waals surface area contributed by atoms with Crippen molar-refractivity contribution in [2.24, 2.45) is 4.99 Å². The molecule has 28 heavy (non-hydrogen) atoms. The molecule has 1 aromatic heterocycles. The molecule has 0 bridgehead atoms. The fraction of sp³-hybridized carbons (Fsp3) is 0.190. The first-order valence-corrected chi connectivity index (χ1v) is 9.43. The number of nitrogens with zero attached hydrogens (tertiary/aromatic N) is 2. The van der Waals surface area contributed by atoms with Gasteiger partial charge in [-0.3, -0.25) is 4.79 Å². The number of aryl methyl sites for hydroxylation is 1. The molecule has 1 N–H and O–H groups in total. The molecule has 0 saturated heterocycles. The van der Waals surface area contributed by atoms with Gasteiger partial charge in [-0.25, -0.2) is 4.79 Å². The van der Waals surface area contributed by atoms with Crippen LogP contribution in [0.15, 0.2) is 53.5 Å². The van der Waals surface area contributed by atoms with Crippen molar-refractivity contribution in [3.8, 4) is 5.75 Å². The van der Waals surface area contributed by atoms with Crippen LogP contribution in [0.25, 0.3) is 0 Å². The average Bonchev–Trinajstić information content (AvgIpc) is 2.95. The molecular weight excluding hydrogens is 376 g/mol. The number of carboxylic acid groups (broad SMARTS) is 1. The van der Waals surface area contributed by atoms with E-state index in [9.17, 15) is 14.7 Å². The number of aromatic carboxylic acids is 1. The van der Waals surface area contributed by atoms with E-state index in [1.807, 2.05) is 24.5 Å². The highest BCUT2D eigenvalue weighted by Crippen LogP contribution is 2.16. The Morgan fingerprint density at radius 1 is 1.11 bits per heavy atom. The number of hydrogen-bond acceptors (Lipinski definition) is 4. The van der Waals surface area contributed by atoms with Gasteiger partial charge in [-0.2, -0.15) is 4.99 Å². The first-order valence-electron chi connectivity index (χ1n) is 8.61. The topological polar surface area (TPSA) is 80.9 Å². The Bertz CT molecular complexity index is 1110. The predicted octanol–water partition coefficient (Wildman–Crippen LogP) is 3.66. The van der Waals surface area contributed by atoms with Crippen LogP contribution in [0.4, 0.5) is 0 Å². The first-order chi connectivity index (χ1) is 13.4. The molecule has 0 fully saturated rings. The number of carboxylic acids is 1. The maximum absolute atomic E-state index is 12.6. The summed E-state index contributed by atoms with van der Waals surface area (Å²) in [5, 5.41) is 9.20. The van der Waals surface area contributed by atoms with Gasteiger partial charge in [-0.05, 0) is 49.7 Å². The third-order valence-corrected chi connectivity index (χ3v) is 5.51. The fourth-order valence-electron chi connectivity index (χ4n) is 2.76.